The van der Waals surface area contributed by atoms with Crippen LogP contribution in [-0.4, -0.2) is 37.7 Å². The molecule has 2 atom stereocenters. The fourth-order valence-electron chi connectivity index (χ4n) is 1.31. The Hall–Kier alpha value is -0.0800. The van der Waals surface area contributed by atoms with Crippen LogP contribution in [0.1, 0.15) is 13.3 Å². The first-order chi connectivity index (χ1) is 4.24. The Morgan fingerprint density at radius 3 is 2.44 bits per heavy atom. The second-order valence-electron chi connectivity index (χ2n) is 2.88. The maximum Gasteiger partial charge on any atom is 0.0713 e. The summed E-state index contributed by atoms with van der Waals surface area (Å²) in [5, 5.41) is 0. The summed E-state index contributed by atoms with van der Waals surface area (Å²) in [6, 6.07) is 0.704. The van der Waals surface area contributed by atoms with E-state index in [0.29, 0.717) is 12.1 Å². The van der Waals surface area contributed by atoms with Gasteiger partial charge in [0.2, 0.25) is 0 Å². The summed E-state index contributed by atoms with van der Waals surface area (Å²) in [5.41, 5.74) is 0. The average Bonchev–Trinajstić information content (AvgIpc) is 2.13. The molecule has 0 aromatic rings. The molecule has 1 fully saturated rings. The second-order valence-corrected chi connectivity index (χ2v) is 2.88. The molecule has 0 spiro atoms. The Morgan fingerprint density at radius 1 is 1.56 bits per heavy atom. The van der Waals surface area contributed by atoms with Crippen molar-refractivity contribution in [3.8, 4) is 0 Å². The van der Waals surface area contributed by atoms with Crippen molar-refractivity contribution in [1.82, 2.24) is 4.90 Å². The molecule has 0 saturated carbocycles. The van der Waals surface area contributed by atoms with E-state index in [1.165, 1.54) is 6.42 Å². The summed E-state index contributed by atoms with van der Waals surface area (Å²) in [7, 11) is 3.93. The molecular weight excluding hydrogens is 114 g/mol. The Morgan fingerprint density at radius 2 is 2.22 bits per heavy atom. The summed E-state index contributed by atoms with van der Waals surface area (Å²) in [4.78, 5) is 2.33. The van der Waals surface area contributed by atoms with Gasteiger partial charge >= 0.3 is 0 Å². The maximum absolute atomic E-state index is 5.21. The van der Waals surface area contributed by atoms with Crippen LogP contribution in [0.15, 0.2) is 0 Å². The van der Waals surface area contributed by atoms with Crippen LogP contribution in [0.3, 0.4) is 0 Å². The van der Waals surface area contributed by atoms with Crippen molar-refractivity contribution in [2.45, 2.75) is 25.5 Å². The molecular formula is C7H15NO. The highest BCUT2D eigenvalue weighted by atomic mass is 16.5. The summed E-state index contributed by atoms with van der Waals surface area (Å²) < 4.78 is 5.21. The fourth-order valence-corrected chi connectivity index (χ4v) is 1.31. The van der Waals surface area contributed by atoms with E-state index in [1.807, 2.05) is 0 Å². The molecule has 1 aliphatic heterocycles. The number of hydrogen-bond donors (Lipinski definition) is 0. The number of likely N-dealkylation sites (N-methyl/N-ethyl adjacent to an activating group) is 1. The average molecular weight is 129 g/mol. The van der Waals surface area contributed by atoms with E-state index in [0.717, 1.165) is 6.54 Å². The minimum atomic E-state index is 0.477. The molecule has 9 heavy (non-hydrogen) atoms. The maximum atomic E-state index is 5.21. The molecule has 0 aromatic heterocycles. The quantitative estimate of drug-likeness (QED) is 0.517. The Balaban J connectivity index is 2.35. The van der Waals surface area contributed by atoms with Crippen molar-refractivity contribution in [1.29, 1.82) is 0 Å². The third-order valence-corrected chi connectivity index (χ3v) is 2.18. The van der Waals surface area contributed by atoms with E-state index in [-0.39, 0.29) is 0 Å². The van der Waals surface area contributed by atoms with E-state index >= 15 is 0 Å². The van der Waals surface area contributed by atoms with E-state index in [1.54, 1.807) is 7.11 Å². The molecule has 0 bridgehead atoms. The molecule has 0 aliphatic carbocycles. The third-order valence-electron chi connectivity index (χ3n) is 2.18. The van der Waals surface area contributed by atoms with Crippen molar-refractivity contribution in [2.75, 3.05) is 20.7 Å². The molecule has 2 nitrogen and oxygen atoms in total. The van der Waals surface area contributed by atoms with Crippen molar-refractivity contribution in [3.63, 3.8) is 0 Å². The zero-order chi connectivity index (χ0) is 6.85. The lowest BCUT2D eigenvalue weighted by molar-refractivity contribution is 0.111. The fraction of sp³-hybridized carbons (Fsp3) is 1.00. The van der Waals surface area contributed by atoms with Gasteiger partial charge in [-0.1, -0.05) is 0 Å². The number of methoxy groups -OCH3 is 1. The van der Waals surface area contributed by atoms with Gasteiger partial charge in [0, 0.05) is 19.7 Å². The molecule has 0 radical (unpaired) electrons. The van der Waals surface area contributed by atoms with Gasteiger partial charge in [0.1, 0.15) is 0 Å². The predicted octanol–water partition coefficient (Wildman–Crippen LogP) is 0.725. The standard InChI is InChI=1S/C7H15NO/c1-6-4-7(9-3)5-8(6)2/h6-7H,4-5H2,1-3H3/t6-,7-/m0/s1. The Labute approximate surface area is 56.8 Å². The lowest BCUT2D eigenvalue weighted by Gasteiger charge is -2.11. The van der Waals surface area contributed by atoms with Gasteiger partial charge in [-0.25, -0.2) is 0 Å². The lowest BCUT2D eigenvalue weighted by atomic mass is 10.2. The van der Waals surface area contributed by atoms with Gasteiger partial charge < -0.3 is 9.64 Å². The largest absolute Gasteiger partial charge is 0.380 e. The molecule has 54 valence electrons. The monoisotopic (exact) mass is 129 g/mol. The molecule has 2 heteroatoms. The highest BCUT2D eigenvalue weighted by Crippen LogP contribution is 2.16. The number of hydrogen-bond acceptors (Lipinski definition) is 2. The van der Waals surface area contributed by atoms with E-state index in [2.05, 4.69) is 18.9 Å². The second kappa shape index (κ2) is 2.67. The van der Waals surface area contributed by atoms with Crippen LogP contribution >= 0.6 is 0 Å². The van der Waals surface area contributed by atoms with Crippen LogP contribution in [0.25, 0.3) is 0 Å². The minimum absolute atomic E-state index is 0.477. The summed E-state index contributed by atoms with van der Waals surface area (Å²) in [6.45, 7) is 3.33. The molecule has 0 aromatic carbocycles. The summed E-state index contributed by atoms with van der Waals surface area (Å²) >= 11 is 0. The van der Waals surface area contributed by atoms with Gasteiger partial charge in [-0.2, -0.15) is 0 Å². The van der Waals surface area contributed by atoms with Crippen LogP contribution in [0.5, 0.6) is 0 Å². The van der Waals surface area contributed by atoms with Crippen molar-refractivity contribution in [3.05, 3.63) is 0 Å². The SMILES string of the molecule is CO[C@H]1C[C@H](C)N(C)C1. The first-order valence-corrected chi connectivity index (χ1v) is 3.47. The first kappa shape index (κ1) is 7.03. The Bertz CT molecular complexity index is 84.9. The third kappa shape index (κ3) is 1.43. The van der Waals surface area contributed by atoms with Crippen LogP contribution in [-0.2, 0) is 4.74 Å². The Kier molecular flexibility index (Phi) is 2.09. The lowest BCUT2D eigenvalue weighted by Crippen LogP contribution is -2.22. The summed E-state index contributed by atoms with van der Waals surface area (Å²) in [6.07, 6.45) is 1.66. The van der Waals surface area contributed by atoms with Crippen molar-refractivity contribution >= 4 is 0 Å². The van der Waals surface area contributed by atoms with Crippen LogP contribution < -0.4 is 0 Å². The van der Waals surface area contributed by atoms with Crippen LogP contribution in [0, 0.1) is 0 Å². The highest BCUT2D eigenvalue weighted by Gasteiger charge is 2.25. The first-order valence-electron chi connectivity index (χ1n) is 3.47. The zero-order valence-electron chi connectivity index (χ0n) is 6.42. The minimum Gasteiger partial charge on any atom is -0.380 e. The van der Waals surface area contributed by atoms with Crippen molar-refractivity contribution in [2.24, 2.45) is 0 Å². The highest BCUT2D eigenvalue weighted by molar-refractivity contribution is 4.79. The van der Waals surface area contributed by atoms with E-state index in [9.17, 15) is 0 Å². The van der Waals surface area contributed by atoms with Crippen LogP contribution in [0.2, 0.25) is 0 Å². The van der Waals surface area contributed by atoms with Gasteiger partial charge in [-0.15, -0.1) is 0 Å². The molecule has 0 N–H and O–H groups in total. The van der Waals surface area contributed by atoms with Gasteiger partial charge in [0.05, 0.1) is 6.10 Å². The molecule has 0 amide bonds. The van der Waals surface area contributed by atoms with E-state index < -0.39 is 0 Å². The van der Waals surface area contributed by atoms with Gasteiger partial charge in [0.25, 0.3) is 0 Å². The molecule has 0 unspecified atom stereocenters. The predicted molar refractivity (Wildman–Crippen MR) is 37.5 cm³/mol. The normalized spacial score (nSPS) is 37.7. The molecule has 1 aliphatic rings. The van der Waals surface area contributed by atoms with Gasteiger partial charge in [-0.05, 0) is 20.4 Å². The van der Waals surface area contributed by atoms with Crippen molar-refractivity contribution < 1.29 is 4.74 Å². The number of rotatable bonds is 1. The number of ether oxygens (including phenoxy) is 1. The number of likely N-dealkylation sites (tertiary alicyclic amines) is 1. The molecule has 1 rings (SSSR count). The smallest absolute Gasteiger partial charge is 0.0713 e. The summed E-state index contributed by atoms with van der Waals surface area (Å²) in [5.74, 6) is 0. The number of nitrogens with zero attached hydrogens (tertiary/aromatic N) is 1. The zero-order valence-corrected chi connectivity index (χ0v) is 6.42. The van der Waals surface area contributed by atoms with Gasteiger partial charge in [-0.3, -0.25) is 0 Å². The van der Waals surface area contributed by atoms with Crippen LogP contribution in [0.4, 0.5) is 0 Å². The molecule has 1 heterocycles. The van der Waals surface area contributed by atoms with Gasteiger partial charge in [0.15, 0.2) is 0 Å². The molecule has 1 saturated heterocycles. The topological polar surface area (TPSA) is 12.5 Å². The van der Waals surface area contributed by atoms with E-state index in [4.69, 9.17) is 4.74 Å².